The molecule has 2 N–H and O–H groups in total. The van der Waals surface area contributed by atoms with Crippen LogP contribution in [0.2, 0.25) is 0 Å². The monoisotopic (exact) mass is 253 g/mol. The Balaban J connectivity index is 1.87. The van der Waals surface area contributed by atoms with E-state index in [9.17, 15) is 9.90 Å². The summed E-state index contributed by atoms with van der Waals surface area (Å²) in [5, 5.41) is 12.7. The average molecular weight is 253 g/mol. The summed E-state index contributed by atoms with van der Waals surface area (Å²) in [6, 6.07) is 0.237. The molecule has 0 radical (unpaired) electrons. The van der Waals surface area contributed by atoms with Crippen LogP contribution in [0.25, 0.3) is 0 Å². The number of nitrogens with one attached hydrogen (secondary N) is 1. The Morgan fingerprint density at radius 3 is 2.56 bits per heavy atom. The van der Waals surface area contributed by atoms with E-state index < -0.39 is 0 Å². The largest absolute Gasteiger partial charge is 0.396 e. The topological polar surface area (TPSA) is 49.3 Å². The number of hydrogen-bond acceptors (Lipinski definition) is 2. The molecule has 0 aromatic carbocycles. The van der Waals surface area contributed by atoms with E-state index in [0.29, 0.717) is 36.0 Å². The highest BCUT2D eigenvalue weighted by Gasteiger charge is 2.47. The number of fused-ring (bicyclic) bond motifs is 2. The summed E-state index contributed by atoms with van der Waals surface area (Å²) in [5.41, 5.74) is 0. The Labute approximate surface area is 110 Å². The zero-order valence-electron chi connectivity index (χ0n) is 11.9. The number of hydrogen-bond donors (Lipinski definition) is 2. The lowest BCUT2D eigenvalue weighted by Gasteiger charge is -2.31. The van der Waals surface area contributed by atoms with Crippen molar-refractivity contribution in [3.63, 3.8) is 0 Å². The normalized spacial score (nSPS) is 36.1. The molecule has 0 saturated heterocycles. The molecule has 5 unspecified atom stereocenters. The lowest BCUT2D eigenvalue weighted by molar-refractivity contribution is -0.123. The fourth-order valence-corrected chi connectivity index (χ4v) is 3.67. The first-order valence-electron chi connectivity index (χ1n) is 7.43. The molecule has 5 atom stereocenters. The van der Waals surface area contributed by atoms with Crippen LogP contribution < -0.4 is 5.32 Å². The smallest absolute Gasteiger partial charge is 0.220 e. The highest BCUT2D eigenvalue weighted by atomic mass is 16.3. The van der Waals surface area contributed by atoms with Crippen LogP contribution in [0, 0.1) is 29.6 Å². The number of aliphatic hydroxyl groups excluding tert-OH is 1. The van der Waals surface area contributed by atoms with E-state index in [-0.39, 0.29) is 18.6 Å². The lowest BCUT2D eigenvalue weighted by Crippen LogP contribution is -2.45. The molecule has 2 aliphatic carbocycles. The summed E-state index contributed by atoms with van der Waals surface area (Å²) >= 11 is 0. The van der Waals surface area contributed by atoms with Gasteiger partial charge in [-0.3, -0.25) is 4.79 Å². The minimum Gasteiger partial charge on any atom is -0.396 e. The molecule has 3 nitrogen and oxygen atoms in total. The Kier molecular flexibility index (Phi) is 4.31. The van der Waals surface area contributed by atoms with E-state index in [1.807, 2.05) is 0 Å². The molecule has 2 bridgehead atoms. The van der Waals surface area contributed by atoms with E-state index in [1.165, 1.54) is 19.3 Å². The first-order valence-corrected chi connectivity index (χ1v) is 7.43. The second-order valence-corrected chi connectivity index (χ2v) is 6.70. The Morgan fingerprint density at radius 1 is 1.28 bits per heavy atom. The standard InChI is InChI=1S/C15H27NO2/c1-9(2)10(3)6-14(18)16-15-12-5-4-11(7-12)13(15)8-17/h9-13,15,17H,4-8H2,1-3H3,(H,16,18). The van der Waals surface area contributed by atoms with Crippen molar-refractivity contribution in [3.8, 4) is 0 Å². The third-order valence-corrected chi connectivity index (χ3v) is 5.27. The lowest BCUT2D eigenvalue weighted by atomic mass is 9.84. The van der Waals surface area contributed by atoms with Gasteiger partial charge in [0.25, 0.3) is 0 Å². The fourth-order valence-electron chi connectivity index (χ4n) is 3.67. The van der Waals surface area contributed by atoms with Crippen molar-refractivity contribution in [2.45, 2.75) is 52.5 Å². The van der Waals surface area contributed by atoms with Gasteiger partial charge in [-0.15, -0.1) is 0 Å². The van der Waals surface area contributed by atoms with Gasteiger partial charge < -0.3 is 10.4 Å². The minimum atomic E-state index is 0.173. The number of rotatable bonds is 5. The molecule has 2 fully saturated rings. The fraction of sp³-hybridized carbons (Fsp3) is 0.933. The van der Waals surface area contributed by atoms with Gasteiger partial charge in [0.15, 0.2) is 0 Å². The second kappa shape index (κ2) is 5.60. The molecule has 104 valence electrons. The quantitative estimate of drug-likeness (QED) is 0.789. The van der Waals surface area contributed by atoms with Crippen molar-refractivity contribution in [1.29, 1.82) is 0 Å². The Morgan fingerprint density at radius 2 is 1.94 bits per heavy atom. The van der Waals surface area contributed by atoms with Gasteiger partial charge in [0.2, 0.25) is 5.91 Å². The van der Waals surface area contributed by atoms with Crippen LogP contribution in [0.1, 0.15) is 46.5 Å². The SMILES string of the molecule is CC(C)C(C)CC(=O)NC1C2CCC(C2)C1CO. The summed E-state index contributed by atoms with van der Waals surface area (Å²) in [6.45, 7) is 6.68. The van der Waals surface area contributed by atoms with E-state index in [0.717, 1.165) is 0 Å². The maximum atomic E-state index is 12.1. The van der Waals surface area contributed by atoms with Crippen molar-refractivity contribution < 1.29 is 9.90 Å². The Hall–Kier alpha value is -0.570. The van der Waals surface area contributed by atoms with Gasteiger partial charge in [0, 0.05) is 25.0 Å². The third kappa shape index (κ3) is 2.71. The molecule has 1 amide bonds. The van der Waals surface area contributed by atoms with Gasteiger partial charge in [0.1, 0.15) is 0 Å². The van der Waals surface area contributed by atoms with Crippen LogP contribution in [0.4, 0.5) is 0 Å². The zero-order valence-corrected chi connectivity index (χ0v) is 11.9. The number of carbonyl (C=O) groups excluding carboxylic acids is 1. The van der Waals surface area contributed by atoms with Gasteiger partial charge >= 0.3 is 0 Å². The van der Waals surface area contributed by atoms with Crippen LogP contribution in [0.3, 0.4) is 0 Å². The maximum absolute atomic E-state index is 12.1. The van der Waals surface area contributed by atoms with Crippen molar-refractivity contribution in [2.24, 2.45) is 29.6 Å². The first-order chi connectivity index (χ1) is 8.52. The Bertz CT molecular complexity index is 303. The summed E-state index contributed by atoms with van der Waals surface area (Å²) in [6.07, 6.45) is 4.29. The van der Waals surface area contributed by atoms with Crippen molar-refractivity contribution >= 4 is 5.91 Å². The molecule has 0 heterocycles. The molecule has 0 aromatic heterocycles. The van der Waals surface area contributed by atoms with Gasteiger partial charge in [-0.1, -0.05) is 20.8 Å². The second-order valence-electron chi connectivity index (χ2n) is 6.70. The van der Waals surface area contributed by atoms with E-state index in [2.05, 4.69) is 26.1 Å². The summed E-state index contributed by atoms with van der Waals surface area (Å²) in [5.74, 6) is 2.72. The molecule has 3 heteroatoms. The molecular weight excluding hydrogens is 226 g/mol. The van der Waals surface area contributed by atoms with Crippen LogP contribution >= 0.6 is 0 Å². The molecular formula is C15H27NO2. The first kappa shape index (κ1) is 13.9. The molecule has 0 spiro atoms. The van der Waals surface area contributed by atoms with Crippen molar-refractivity contribution in [3.05, 3.63) is 0 Å². The molecule has 18 heavy (non-hydrogen) atoms. The average Bonchev–Trinajstić information content (AvgIpc) is 2.88. The predicted molar refractivity (Wildman–Crippen MR) is 72.0 cm³/mol. The van der Waals surface area contributed by atoms with Crippen molar-refractivity contribution in [2.75, 3.05) is 6.61 Å². The van der Waals surface area contributed by atoms with Gasteiger partial charge in [-0.05, 0) is 42.9 Å². The zero-order chi connectivity index (χ0) is 13.3. The molecule has 2 rings (SSSR count). The number of amides is 1. The van der Waals surface area contributed by atoms with E-state index >= 15 is 0 Å². The highest BCUT2D eigenvalue weighted by molar-refractivity contribution is 5.76. The minimum absolute atomic E-state index is 0.173. The predicted octanol–water partition coefficient (Wildman–Crippen LogP) is 2.19. The summed E-state index contributed by atoms with van der Waals surface area (Å²) in [4.78, 5) is 12.1. The third-order valence-electron chi connectivity index (χ3n) is 5.27. The maximum Gasteiger partial charge on any atom is 0.220 e. The van der Waals surface area contributed by atoms with Gasteiger partial charge in [0.05, 0.1) is 0 Å². The number of carbonyl (C=O) groups is 1. The molecule has 0 aromatic rings. The van der Waals surface area contributed by atoms with Crippen LogP contribution in [0.15, 0.2) is 0 Å². The van der Waals surface area contributed by atoms with E-state index in [4.69, 9.17) is 0 Å². The van der Waals surface area contributed by atoms with Crippen LogP contribution in [-0.4, -0.2) is 23.7 Å². The van der Waals surface area contributed by atoms with Crippen LogP contribution in [-0.2, 0) is 4.79 Å². The number of aliphatic hydroxyl groups is 1. The van der Waals surface area contributed by atoms with Gasteiger partial charge in [-0.25, -0.2) is 0 Å². The van der Waals surface area contributed by atoms with Crippen LogP contribution in [0.5, 0.6) is 0 Å². The molecule has 0 aliphatic heterocycles. The molecule has 2 saturated carbocycles. The molecule has 2 aliphatic rings. The highest BCUT2D eigenvalue weighted by Crippen LogP contribution is 2.48. The summed E-state index contributed by atoms with van der Waals surface area (Å²) < 4.78 is 0. The van der Waals surface area contributed by atoms with Gasteiger partial charge in [-0.2, -0.15) is 0 Å². The summed E-state index contributed by atoms with van der Waals surface area (Å²) in [7, 11) is 0. The van der Waals surface area contributed by atoms with E-state index in [1.54, 1.807) is 0 Å². The van der Waals surface area contributed by atoms with Crippen molar-refractivity contribution in [1.82, 2.24) is 5.32 Å².